The second-order valence-electron chi connectivity index (χ2n) is 3.93. The zero-order valence-corrected chi connectivity index (χ0v) is 7.71. The third-order valence-electron chi connectivity index (χ3n) is 3.41. The zero-order valence-electron chi connectivity index (χ0n) is 7.71. The van der Waals surface area contributed by atoms with E-state index in [2.05, 4.69) is 12.2 Å². The van der Waals surface area contributed by atoms with E-state index in [-0.39, 0.29) is 6.03 Å². The monoisotopic (exact) mass is 168 g/mol. The molecule has 3 nitrogen and oxygen atoms in total. The number of rotatable bonds is 0. The highest BCUT2D eigenvalue weighted by Gasteiger charge is 2.45. The fraction of sp³-hybridized carbons (Fsp3) is 0.889. The van der Waals surface area contributed by atoms with E-state index in [0.29, 0.717) is 12.1 Å². The highest BCUT2D eigenvalue weighted by atomic mass is 16.2. The first-order valence-corrected chi connectivity index (χ1v) is 4.74. The van der Waals surface area contributed by atoms with Crippen LogP contribution in [-0.2, 0) is 0 Å². The van der Waals surface area contributed by atoms with Gasteiger partial charge in [0.2, 0.25) is 0 Å². The maximum atomic E-state index is 11.4. The first-order valence-electron chi connectivity index (χ1n) is 4.74. The number of nitrogens with zero attached hydrogens (tertiary/aromatic N) is 1. The number of piperidine rings is 1. The van der Waals surface area contributed by atoms with Gasteiger partial charge in [0.25, 0.3) is 0 Å². The van der Waals surface area contributed by atoms with Crippen LogP contribution in [-0.4, -0.2) is 30.1 Å². The number of carbonyl (C=O) groups is 1. The predicted molar refractivity (Wildman–Crippen MR) is 46.9 cm³/mol. The molecule has 1 saturated heterocycles. The molecule has 3 heteroatoms. The Labute approximate surface area is 73.1 Å². The van der Waals surface area contributed by atoms with E-state index in [1.165, 1.54) is 19.3 Å². The number of hydrogen-bond donors (Lipinski definition) is 1. The van der Waals surface area contributed by atoms with Crippen molar-refractivity contribution >= 4 is 6.03 Å². The summed E-state index contributed by atoms with van der Waals surface area (Å²) in [6.45, 7) is 2.17. The van der Waals surface area contributed by atoms with Crippen molar-refractivity contribution in [3.63, 3.8) is 0 Å². The van der Waals surface area contributed by atoms with Crippen molar-refractivity contribution in [1.82, 2.24) is 10.2 Å². The van der Waals surface area contributed by atoms with Gasteiger partial charge in [-0.25, -0.2) is 4.79 Å². The summed E-state index contributed by atoms with van der Waals surface area (Å²) >= 11 is 0. The van der Waals surface area contributed by atoms with E-state index in [1.807, 2.05) is 4.90 Å². The zero-order chi connectivity index (χ0) is 8.72. The van der Waals surface area contributed by atoms with E-state index >= 15 is 0 Å². The summed E-state index contributed by atoms with van der Waals surface area (Å²) in [5.41, 5.74) is 0. The van der Waals surface area contributed by atoms with Gasteiger partial charge in [0.05, 0.1) is 0 Å². The van der Waals surface area contributed by atoms with Crippen molar-refractivity contribution in [3.8, 4) is 0 Å². The van der Waals surface area contributed by atoms with Gasteiger partial charge in [0.15, 0.2) is 0 Å². The summed E-state index contributed by atoms with van der Waals surface area (Å²) in [6, 6.07) is 1.10. The van der Waals surface area contributed by atoms with Crippen LogP contribution in [0.25, 0.3) is 0 Å². The van der Waals surface area contributed by atoms with Crippen molar-refractivity contribution < 1.29 is 4.79 Å². The van der Waals surface area contributed by atoms with Gasteiger partial charge in [-0.05, 0) is 32.1 Å². The predicted octanol–water partition coefficient (Wildman–Crippen LogP) is 1.20. The van der Waals surface area contributed by atoms with E-state index in [0.717, 1.165) is 5.92 Å². The Hall–Kier alpha value is -0.730. The summed E-state index contributed by atoms with van der Waals surface area (Å²) in [5.74, 6) is 0.771. The normalized spacial score (nSPS) is 38.8. The van der Waals surface area contributed by atoms with Gasteiger partial charge in [0, 0.05) is 19.1 Å². The quantitative estimate of drug-likeness (QED) is 0.579. The number of likely N-dealkylation sites (tertiary alicyclic amines) is 1. The lowest BCUT2D eigenvalue weighted by Crippen LogP contribution is -2.47. The molecule has 1 aliphatic carbocycles. The van der Waals surface area contributed by atoms with Gasteiger partial charge in [-0.15, -0.1) is 0 Å². The van der Waals surface area contributed by atoms with Crippen LogP contribution in [0, 0.1) is 5.92 Å². The molecule has 0 aromatic heterocycles. The van der Waals surface area contributed by atoms with E-state index in [1.54, 1.807) is 7.05 Å². The molecule has 0 radical (unpaired) electrons. The third kappa shape index (κ3) is 0.919. The molecule has 0 spiro atoms. The Morgan fingerprint density at radius 1 is 1.50 bits per heavy atom. The van der Waals surface area contributed by atoms with E-state index in [4.69, 9.17) is 0 Å². The topological polar surface area (TPSA) is 32.3 Å². The molecule has 0 aromatic carbocycles. The maximum absolute atomic E-state index is 11.4. The van der Waals surface area contributed by atoms with E-state index < -0.39 is 0 Å². The van der Waals surface area contributed by atoms with Crippen LogP contribution < -0.4 is 5.32 Å². The molecule has 2 amide bonds. The molecule has 2 aliphatic rings. The first-order chi connectivity index (χ1) is 5.74. The number of amides is 2. The molecular formula is C9H16N2O. The number of urea groups is 1. The van der Waals surface area contributed by atoms with Crippen molar-refractivity contribution in [3.05, 3.63) is 0 Å². The van der Waals surface area contributed by atoms with Crippen LogP contribution >= 0.6 is 0 Å². The summed E-state index contributed by atoms with van der Waals surface area (Å²) in [7, 11) is 1.71. The number of fused-ring (bicyclic) bond motifs is 2. The Balaban J connectivity index is 2.12. The Kier molecular flexibility index (Phi) is 1.74. The molecule has 2 rings (SSSR count). The lowest BCUT2D eigenvalue weighted by atomic mass is 10.0. The van der Waals surface area contributed by atoms with Crippen LogP contribution in [0.2, 0.25) is 0 Å². The number of nitrogens with one attached hydrogen (secondary N) is 1. The summed E-state index contributed by atoms with van der Waals surface area (Å²) in [4.78, 5) is 13.5. The highest BCUT2D eigenvalue weighted by molar-refractivity contribution is 5.75. The minimum atomic E-state index is 0.106. The molecule has 2 fully saturated rings. The van der Waals surface area contributed by atoms with Crippen molar-refractivity contribution in [2.45, 2.75) is 38.3 Å². The van der Waals surface area contributed by atoms with Gasteiger partial charge in [-0.3, -0.25) is 0 Å². The van der Waals surface area contributed by atoms with Gasteiger partial charge in [0.1, 0.15) is 0 Å². The van der Waals surface area contributed by atoms with Crippen LogP contribution in [0.3, 0.4) is 0 Å². The molecule has 1 saturated carbocycles. The standard InChI is InChI=1S/C9H16N2O/c1-6-7-3-4-8(5-7)11(6)9(12)10-2/h6-8H,3-5H2,1-2H3,(H,10,12)/t6-,7?,8?/m1/s1. The van der Waals surface area contributed by atoms with E-state index in [9.17, 15) is 4.79 Å². The van der Waals surface area contributed by atoms with Gasteiger partial charge in [-0.1, -0.05) is 0 Å². The third-order valence-corrected chi connectivity index (χ3v) is 3.41. The number of hydrogen-bond acceptors (Lipinski definition) is 1. The molecule has 2 unspecified atom stereocenters. The van der Waals surface area contributed by atoms with Crippen molar-refractivity contribution in [2.75, 3.05) is 7.05 Å². The fourth-order valence-electron chi connectivity index (χ4n) is 2.72. The average Bonchev–Trinajstić information content (AvgIpc) is 2.63. The average molecular weight is 168 g/mol. The highest BCUT2D eigenvalue weighted by Crippen LogP contribution is 2.41. The van der Waals surface area contributed by atoms with Crippen LogP contribution in [0.4, 0.5) is 4.79 Å². The summed E-state index contributed by atoms with van der Waals surface area (Å²) in [6.07, 6.45) is 3.76. The summed E-state index contributed by atoms with van der Waals surface area (Å²) < 4.78 is 0. The molecule has 1 aliphatic heterocycles. The van der Waals surface area contributed by atoms with Gasteiger partial charge >= 0.3 is 6.03 Å². The lowest BCUT2D eigenvalue weighted by Gasteiger charge is -2.32. The van der Waals surface area contributed by atoms with Crippen molar-refractivity contribution in [2.24, 2.45) is 5.92 Å². The Morgan fingerprint density at radius 2 is 2.25 bits per heavy atom. The van der Waals surface area contributed by atoms with Crippen LogP contribution in [0.5, 0.6) is 0 Å². The molecular weight excluding hydrogens is 152 g/mol. The minimum absolute atomic E-state index is 0.106. The second-order valence-corrected chi connectivity index (χ2v) is 3.93. The Bertz CT molecular complexity index is 203. The molecule has 0 aromatic rings. The molecule has 3 atom stereocenters. The molecule has 1 heterocycles. The molecule has 2 bridgehead atoms. The smallest absolute Gasteiger partial charge is 0.317 e. The van der Waals surface area contributed by atoms with Gasteiger partial charge in [-0.2, -0.15) is 0 Å². The van der Waals surface area contributed by atoms with Crippen LogP contribution in [0.15, 0.2) is 0 Å². The first kappa shape index (κ1) is 7.90. The fourth-order valence-corrected chi connectivity index (χ4v) is 2.72. The molecule has 12 heavy (non-hydrogen) atoms. The maximum Gasteiger partial charge on any atom is 0.317 e. The second kappa shape index (κ2) is 2.64. The molecule has 1 N–H and O–H groups in total. The SMILES string of the molecule is CNC(=O)N1C2CCC(C2)[C@H]1C. The largest absolute Gasteiger partial charge is 0.341 e. The van der Waals surface area contributed by atoms with Crippen LogP contribution in [0.1, 0.15) is 26.2 Å². The minimum Gasteiger partial charge on any atom is -0.341 e. The van der Waals surface area contributed by atoms with Crippen molar-refractivity contribution in [1.29, 1.82) is 0 Å². The van der Waals surface area contributed by atoms with Gasteiger partial charge < -0.3 is 10.2 Å². The molecule has 68 valence electrons. The summed E-state index contributed by atoms with van der Waals surface area (Å²) in [5, 5.41) is 2.71. The lowest BCUT2D eigenvalue weighted by molar-refractivity contribution is 0.155. The number of carbonyl (C=O) groups excluding carboxylic acids is 1. The Morgan fingerprint density at radius 3 is 2.75 bits per heavy atom.